The van der Waals surface area contributed by atoms with Gasteiger partial charge < -0.3 is 25.4 Å². The molecule has 0 spiro atoms. The van der Waals surface area contributed by atoms with Crippen molar-refractivity contribution in [1.82, 2.24) is 10.6 Å². The molecule has 1 aliphatic heterocycles. The van der Waals surface area contributed by atoms with Gasteiger partial charge >= 0.3 is 12.0 Å². The van der Waals surface area contributed by atoms with Gasteiger partial charge in [0.1, 0.15) is 17.9 Å². The third-order valence-corrected chi connectivity index (χ3v) is 3.33. The Morgan fingerprint density at radius 2 is 2.00 bits per heavy atom. The van der Waals surface area contributed by atoms with Crippen LogP contribution in [0.2, 0.25) is 0 Å². The van der Waals surface area contributed by atoms with Crippen LogP contribution < -0.4 is 20.7 Å². The summed E-state index contributed by atoms with van der Waals surface area (Å²) in [5.74, 6) is -0.126. The van der Waals surface area contributed by atoms with Gasteiger partial charge in [0.25, 0.3) is 0 Å². The lowest BCUT2D eigenvalue weighted by Crippen LogP contribution is -2.46. The molecule has 1 aliphatic rings. The smallest absolute Gasteiger partial charge is 0.329 e. The van der Waals surface area contributed by atoms with Crippen molar-refractivity contribution in [2.75, 3.05) is 18.5 Å². The summed E-state index contributed by atoms with van der Waals surface area (Å²) in [7, 11) is 0. The van der Waals surface area contributed by atoms with E-state index in [1.807, 2.05) is 6.92 Å². The first-order valence-corrected chi connectivity index (χ1v) is 7.75. The fourth-order valence-corrected chi connectivity index (χ4v) is 2.25. The van der Waals surface area contributed by atoms with Crippen molar-refractivity contribution in [2.24, 2.45) is 0 Å². The lowest BCUT2D eigenvalue weighted by atomic mass is 10.2. The molecule has 24 heavy (non-hydrogen) atoms. The van der Waals surface area contributed by atoms with E-state index in [0.717, 1.165) is 0 Å². The molecule has 0 radical (unpaired) electrons. The normalized spacial score (nSPS) is 19.3. The van der Waals surface area contributed by atoms with Crippen LogP contribution in [0.3, 0.4) is 0 Å². The number of carbonyl (C=O) groups is 3. The Hall–Kier alpha value is -2.77. The topological polar surface area (TPSA) is 106 Å². The number of benzene rings is 1. The van der Waals surface area contributed by atoms with Gasteiger partial charge in [0, 0.05) is 12.1 Å². The third-order valence-electron chi connectivity index (χ3n) is 3.33. The predicted molar refractivity (Wildman–Crippen MR) is 86.7 cm³/mol. The first kappa shape index (κ1) is 17.6. The maximum absolute atomic E-state index is 11.8. The number of esters is 1. The summed E-state index contributed by atoms with van der Waals surface area (Å²) in [5.41, 5.74) is 0.596. The maximum atomic E-state index is 11.8. The molecule has 8 heteroatoms. The highest BCUT2D eigenvalue weighted by Gasteiger charge is 2.32. The van der Waals surface area contributed by atoms with Gasteiger partial charge in [-0.1, -0.05) is 0 Å². The molecule has 1 saturated heterocycles. The zero-order valence-electron chi connectivity index (χ0n) is 13.6. The van der Waals surface area contributed by atoms with Crippen LogP contribution in [0.15, 0.2) is 24.3 Å². The number of amides is 3. The molecule has 1 aromatic rings. The summed E-state index contributed by atoms with van der Waals surface area (Å²) in [5, 5.41) is 7.53. The molecule has 0 aliphatic carbocycles. The SMILES string of the molecule is CCOc1ccc(NC(=O)CNC(=O)NC2CC(C)OC2=O)cc1. The van der Waals surface area contributed by atoms with Gasteiger partial charge in [-0.3, -0.25) is 4.79 Å². The molecular formula is C16H21N3O5. The summed E-state index contributed by atoms with van der Waals surface area (Å²) in [6.07, 6.45) is 0.204. The second kappa shape index (κ2) is 8.19. The molecule has 0 aromatic heterocycles. The quantitative estimate of drug-likeness (QED) is 0.673. The van der Waals surface area contributed by atoms with E-state index in [4.69, 9.17) is 9.47 Å². The lowest BCUT2D eigenvalue weighted by Gasteiger charge is -2.11. The van der Waals surface area contributed by atoms with E-state index in [-0.39, 0.29) is 18.6 Å². The van der Waals surface area contributed by atoms with Crippen molar-refractivity contribution >= 4 is 23.6 Å². The van der Waals surface area contributed by atoms with Gasteiger partial charge in [-0.25, -0.2) is 9.59 Å². The monoisotopic (exact) mass is 335 g/mol. The fraction of sp³-hybridized carbons (Fsp3) is 0.438. The third kappa shape index (κ3) is 5.15. The van der Waals surface area contributed by atoms with Crippen LogP contribution in [0.5, 0.6) is 5.75 Å². The van der Waals surface area contributed by atoms with Gasteiger partial charge in [-0.2, -0.15) is 0 Å². The number of nitrogens with one attached hydrogen (secondary N) is 3. The van der Waals surface area contributed by atoms with Crippen LogP contribution >= 0.6 is 0 Å². The van der Waals surface area contributed by atoms with Crippen LogP contribution in [0, 0.1) is 0 Å². The van der Waals surface area contributed by atoms with E-state index in [9.17, 15) is 14.4 Å². The number of urea groups is 1. The molecule has 130 valence electrons. The number of anilines is 1. The Morgan fingerprint density at radius 1 is 1.29 bits per heavy atom. The zero-order valence-corrected chi connectivity index (χ0v) is 13.6. The van der Waals surface area contributed by atoms with E-state index >= 15 is 0 Å². The fourth-order valence-electron chi connectivity index (χ4n) is 2.25. The molecule has 1 heterocycles. The molecule has 1 fully saturated rings. The maximum Gasteiger partial charge on any atom is 0.329 e. The predicted octanol–water partition coefficient (Wildman–Crippen LogP) is 1.03. The van der Waals surface area contributed by atoms with E-state index in [0.29, 0.717) is 24.5 Å². The van der Waals surface area contributed by atoms with Crippen molar-refractivity contribution in [3.05, 3.63) is 24.3 Å². The molecule has 0 saturated carbocycles. The molecule has 1 aromatic carbocycles. The average Bonchev–Trinajstić information content (AvgIpc) is 2.85. The number of rotatable bonds is 6. The lowest BCUT2D eigenvalue weighted by molar-refractivity contribution is -0.142. The molecule has 0 bridgehead atoms. The summed E-state index contributed by atoms with van der Waals surface area (Å²) in [6, 6.07) is 5.64. The Kier molecular flexibility index (Phi) is 6.00. The minimum Gasteiger partial charge on any atom is -0.494 e. The van der Waals surface area contributed by atoms with Crippen LogP contribution in [0.25, 0.3) is 0 Å². The Morgan fingerprint density at radius 3 is 2.58 bits per heavy atom. The number of hydrogen-bond acceptors (Lipinski definition) is 5. The number of ether oxygens (including phenoxy) is 2. The van der Waals surface area contributed by atoms with Gasteiger partial charge in [-0.05, 0) is 38.1 Å². The second-order valence-electron chi connectivity index (χ2n) is 5.37. The van der Waals surface area contributed by atoms with Gasteiger partial charge in [-0.15, -0.1) is 0 Å². The van der Waals surface area contributed by atoms with Gasteiger partial charge in [0.15, 0.2) is 0 Å². The molecule has 8 nitrogen and oxygen atoms in total. The van der Waals surface area contributed by atoms with Gasteiger partial charge in [0.2, 0.25) is 5.91 Å². The van der Waals surface area contributed by atoms with Crippen molar-refractivity contribution in [2.45, 2.75) is 32.4 Å². The average molecular weight is 335 g/mol. The number of hydrogen-bond donors (Lipinski definition) is 3. The highest BCUT2D eigenvalue weighted by atomic mass is 16.6. The van der Waals surface area contributed by atoms with Gasteiger partial charge in [0.05, 0.1) is 13.2 Å². The highest BCUT2D eigenvalue weighted by Crippen LogP contribution is 2.15. The Labute approximate surface area is 139 Å². The van der Waals surface area contributed by atoms with Crippen molar-refractivity contribution < 1.29 is 23.9 Å². The molecule has 2 atom stereocenters. The summed E-state index contributed by atoms with van der Waals surface area (Å²) < 4.78 is 10.2. The standard InChI is InChI=1S/C16H21N3O5/c1-3-23-12-6-4-11(5-7-12)18-14(20)9-17-16(22)19-13-8-10(2)24-15(13)21/h4-7,10,13H,3,8-9H2,1-2H3,(H,18,20)(H2,17,19,22). The minimum atomic E-state index is -0.672. The van der Waals surface area contributed by atoms with Crippen LogP contribution in [0.1, 0.15) is 20.3 Å². The van der Waals surface area contributed by atoms with Crippen LogP contribution in [0.4, 0.5) is 10.5 Å². The highest BCUT2D eigenvalue weighted by molar-refractivity contribution is 5.94. The summed E-state index contributed by atoms with van der Waals surface area (Å²) >= 11 is 0. The molecular weight excluding hydrogens is 314 g/mol. The summed E-state index contributed by atoms with van der Waals surface area (Å²) in [4.78, 5) is 34.9. The van der Waals surface area contributed by atoms with Crippen molar-refractivity contribution in [3.8, 4) is 5.75 Å². The minimum absolute atomic E-state index is 0.212. The van der Waals surface area contributed by atoms with Crippen LogP contribution in [-0.2, 0) is 14.3 Å². The van der Waals surface area contributed by atoms with Crippen molar-refractivity contribution in [1.29, 1.82) is 0 Å². The Bertz CT molecular complexity index is 602. The first-order valence-electron chi connectivity index (χ1n) is 7.75. The molecule has 2 unspecified atom stereocenters. The van der Waals surface area contributed by atoms with Crippen molar-refractivity contribution in [3.63, 3.8) is 0 Å². The number of cyclic esters (lactones) is 1. The van der Waals surface area contributed by atoms with Crippen LogP contribution in [-0.4, -0.2) is 43.2 Å². The second-order valence-corrected chi connectivity index (χ2v) is 5.37. The summed E-state index contributed by atoms with van der Waals surface area (Å²) in [6.45, 7) is 3.99. The van der Waals surface area contributed by atoms with E-state index in [2.05, 4.69) is 16.0 Å². The van der Waals surface area contributed by atoms with E-state index in [1.54, 1.807) is 31.2 Å². The number of carbonyl (C=O) groups excluding carboxylic acids is 3. The first-order chi connectivity index (χ1) is 11.5. The molecule has 2 rings (SSSR count). The molecule has 3 amide bonds. The largest absolute Gasteiger partial charge is 0.494 e. The molecule has 3 N–H and O–H groups in total. The van der Waals surface area contributed by atoms with E-state index in [1.165, 1.54) is 0 Å². The van der Waals surface area contributed by atoms with E-state index < -0.39 is 18.0 Å². The zero-order chi connectivity index (χ0) is 17.5. The Balaban J connectivity index is 1.72.